The van der Waals surface area contributed by atoms with E-state index >= 15 is 0 Å². The number of unbranched alkanes of at least 4 members (excludes halogenated alkanes) is 26. The number of ketones is 1. The highest BCUT2D eigenvalue weighted by molar-refractivity contribution is 7.58. The second-order valence-electron chi connectivity index (χ2n) is 14.7. The fourth-order valence-corrected chi connectivity index (χ4v) is 7.61. The fourth-order valence-electron chi connectivity index (χ4n) is 6.23. The Morgan fingerprint density at radius 2 is 0.750 bits per heavy atom. The molecule has 0 amide bonds. The van der Waals surface area contributed by atoms with E-state index in [-0.39, 0.29) is 25.7 Å². The van der Waals surface area contributed by atoms with Crippen molar-refractivity contribution in [3.05, 3.63) is 0 Å². The molecule has 0 aromatic carbocycles. The summed E-state index contributed by atoms with van der Waals surface area (Å²) >= 11 is 0. The molecule has 0 spiro atoms. The highest BCUT2D eigenvalue weighted by atomic mass is 31.1. The molecule has 0 rings (SSSR count). The minimum absolute atomic E-state index is 0.000729. The van der Waals surface area contributed by atoms with E-state index in [4.69, 9.17) is 0 Å². The molecule has 262 valence electrons. The largest absolute Gasteiger partial charge is 0.379 e. The number of carbonyl (C=O) groups is 2. The number of Topliss-reactive ketones (excluding diaryl/α,β-unsaturated/α-hetero) is 1. The van der Waals surface area contributed by atoms with Crippen molar-refractivity contribution in [2.75, 3.05) is 21.1 Å². The number of hydrogen-bond acceptors (Lipinski definition) is 3. The van der Waals surface area contributed by atoms with Crippen LogP contribution in [0.15, 0.2) is 0 Å². The van der Waals surface area contributed by atoms with Crippen molar-refractivity contribution in [1.82, 2.24) is 0 Å². The topological polar surface area (TPSA) is 54.4 Å². The van der Waals surface area contributed by atoms with Crippen LogP contribution in [0.3, 0.4) is 0 Å². The Kier molecular flexibility index (Phi) is 31.1. The van der Waals surface area contributed by atoms with Gasteiger partial charge in [0.05, 0.1) is 21.1 Å². The zero-order valence-corrected chi connectivity index (χ0v) is 31.6. The van der Waals surface area contributed by atoms with Crippen molar-refractivity contribution in [3.8, 4) is 0 Å². The molecule has 0 bridgehead atoms. The molecule has 4 nitrogen and oxygen atoms in total. The van der Waals surface area contributed by atoms with Gasteiger partial charge in [0.2, 0.25) is 0 Å². The molecule has 0 aliphatic carbocycles. The van der Waals surface area contributed by atoms with Crippen molar-refractivity contribution in [2.24, 2.45) is 0 Å². The predicted octanol–water partition coefficient (Wildman–Crippen LogP) is 11.9. The monoisotopic (exact) mass is 641 g/mol. The van der Waals surface area contributed by atoms with Gasteiger partial charge in [-0.3, -0.25) is 9.59 Å². The highest BCUT2D eigenvalue weighted by Gasteiger charge is 2.37. The summed E-state index contributed by atoms with van der Waals surface area (Å²) < 4.78 is 0.453. The third-order valence-corrected chi connectivity index (χ3v) is 11.3. The van der Waals surface area contributed by atoms with Gasteiger partial charge in [0, 0.05) is 21.4 Å². The molecule has 0 aliphatic heterocycles. The Balaban J connectivity index is 3.91. The number of quaternary nitrogens is 1. The molecule has 0 aliphatic rings. The number of carbonyl (C=O) groups excluding carboxylic acids is 2. The summed E-state index contributed by atoms with van der Waals surface area (Å²) in [6.45, 7) is 4.55. The zero-order chi connectivity index (χ0) is 32.7. The van der Waals surface area contributed by atoms with Gasteiger partial charge < -0.3 is 9.59 Å². The third-order valence-electron chi connectivity index (χ3n) is 9.31. The van der Waals surface area contributed by atoms with Crippen LogP contribution in [-0.4, -0.2) is 53.9 Å². The summed E-state index contributed by atoms with van der Waals surface area (Å²) in [6.07, 6.45) is 36.4. The van der Waals surface area contributed by atoms with Crippen molar-refractivity contribution in [3.63, 3.8) is 0 Å². The third kappa shape index (κ3) is 28.0. The molecule has 0 aromatic heterocycles. The predicted molar refractivity (Wildman–Crippen MR) is 196 cm³/mol. The van der Waals surface area contributed by atoms with Crippen LogP contribution in [0.25, 0.3) is 0 Å². The number of aliphatic hydroxyl groups excluding tert-OH is 1. The molecular formula is C39H79NO3P+. The lowest BCUT2D eigenvalue weighted by Crippen LogP contribution is -2.52. The van der Waals surface area contributed by atoms with Crippen LogP contribution in [0.4, 0.5) is 0 Å². The van der Waals surface area contributed by atoms with Crippen molar-refractivity contribution < 1.29 is 19.2 Å². The Morgan fingerprint density at radius 3 is 1.05 bits per heavy atom. The first-order chi connectivity index (χ1) is 21.2. The maximum atomic E-state index is 12.9. The van der Waals surface area contributed by atoms with Gasteiger partial charge in [0.25, 0.3) is 0 Å². The van der Waals surface area contributed by atoms with E-state index in [0.29, 0.717) is 17.3 Å². The summed E-state index contributed by atoms with van der Waals surface area (Å²) in [4.78, 5) is 25.7. The number of hydrogen-bond donors (Lipinski definition) is 1. The summed E-state index contributed by atoms with van der Waals surface area (Å²) in [6, 6.07) is 0. The maximum absolute atomic E-state index is 12.9. The number of likely N-dealkylation sites (N-methyl/N-ethyl adjacent to an activating group) is 1. The summed E-state index contributed by atoms with van der Waals surface area (Å²) in [5.74, 6) is -0.397. The number of aliphatic hydroxyl groups is 1. The van der Waals surface area contributed by atoms with Crippen molar-refractivity contribution in [1.29, 1.82) is 0 Å². The average Bonchev–Trinajstić information content (AvgIpc) is 2.99. The number of nitrogens with zero attached hydrogens (tertiary/aromatic N) is 1. The molecule has 0 aromatic rings. The van der Waals surface area contributed by atoms with E-state index < -0.39 is 6.10 Å². The summed E-state index contributed by atoms with van der Waals surface area (Å²) in [5, 5.41) is 10.9. The molecule has 0 saturated heterocycles. The first-order valence-electron chi connectivity index (χ1n) is 19.5. The standard InChI is InChI=1S/C39H79NO3P/c1-6-8-10-12-14-16-18-20-21-23-25-27-29-31-33-35-37(42)44-39(40(3,4)5)38(43)36(41)34-32-30-28-26-24-22-19-17-15-13-11-9-7-2/h38-39,43-44H,6-35H2,1-5H3/q+1. The van der Waals surface area contributed by atoms with Gasteiger partial charge in [-0.05, 0) is 12.8 Å². The van der Waals surface area contributed by atoms with Crippen LogP contribution in [0, 0.1) is 0 Å². The SMILES string of the molecule is CCCCCCCCCCCCCCCCCC(=O)PC(C(O)C(=O)CCCCCCCCCCCCCCC)[N+](C)(C)C. The lowest BCUT2D eigenvalue weighted by atomic mass is 10.0. The maximum Gasteiger partial charge on any atom is 0.168 e. The van der Waals surface area contributed by atoms with E-state index in [1.807, 2.05) is 21.1 Å². The quantitative estimate of drug-likeness (QED) is 0.0426. The van der Waals surface area contributed by atoms with E-state index in [2.05, 4.69) is 13.8 Å². The highest BCUT2D eigenvalue weighted by Crippen LogP contribution is 2.32. The molecule has 3 atom stereocenters. The Hall–Kier alpha value is -0.310. The lowest BCUT2D eigenvalue weighted by molar-refractivity contribution is -0.883. The van der Waals surface area contributed by atoms with Crippen LogP contribution >= 0.6 is 8.58 Å². The molecule has 0 fully saturated rings. The molecule has 0 radical (unpaired) electrons. The van der Waals surface area contributed by atoms with Crippen LogP contribution in [0.1, 0.15) is 206 Å². The van der Waals surface area contributed by atoms with E-state index in [1.165, 1.54) is 154 Å². The van der Waals surface area contributed by atoms with Gasteiger partial charge in [-0.25, -0.2) is 0 Å². The number of rotatable bonds is 35. The van der Waals surface area contributed by atoms with Gasteiger partial charge in [-0.1, -0.05) is 181 Å². The molecule has 3 unspecified atom stereocenters. The Labute approximate surface area is 278 Å². The van der Waals surface area contributed by atoms with Crippen LogP contribution in [0.5, 0.6) is 0 Å². The molecule has 0 heterocycles. The van der Waals surface area contributed by atoms with Gasteiger partial charge in [0.15, 0.2) is 17.4 Å². The zero-order valence-electron chi connectivity index (χ0n) is 30.6. The van der Waals surface area contributed by atoms with E-state index in [1.54, 1.807) is 0 Å². The van der Waals surface area contributed by atoms with Gasteiger partial charge in [-0.15, -0.1) is 0 Å². The molecule has 44 heavy (non-hydrogen) atoms. The molecule has 0 saturated carbocycles. The smallest absolute Gasteiger partial charge is 0.168 e. The normalized spacial score (nSPS) is 13.6. The van der Waals surface area contributed by atoms with Crippen molar-refractivity contribution >= 4 is 19.9 Å². The van der Waals surface area contributed by atoms with E-state index in [9.17, 15) is 14.7 Å². The summed E-state index contributed by atoms with van der Waals surface area (Å²) in [5.41, 5.74) is 0.227. The minimum atomic E-state index is -1.03. The first-order valence-corrected chi connectivity index (χ1v) is 20.6. The van der Waals surface area contributed by atoms with Crippen LogP contribution in [0.2, 0.25) is 0 Å². The first kappa shape index (κ1) is 43.7. The lowest BCUT2D eigenvalue weighted by Gasteiger charge is -2.36. The fraction of sp³-hybridized carbons (Fsp3) is 0.949. The molecule has 5 heteroatoms. The van der Waals surface area contributed by atoms with Gasteiger partial charge in [-0.2, -0.15) is 0 Å². The molecule has 1 N–H and O–H groups in total. The minimum Gasteiger partial charge on any atom is -0.379 e. The Bertz CT molecular complexity index is 648. The average molecular weight is 641 g/mol. The molecular weight excluding hydrogens is 561 g/mol. The van der Waals surface area contributed by atoms with E-state index in [0.717, 1.165) is 25.7 Å². The second kappa shape index (κ2) is 31.3. The van der Waals surface area contributed by atoms with Crippen LogP contribution in [-0.2, 0) is 9.59 Å². The second-order valence-corrected chi connectivity index (χ2v) is 16.2. The Morgan fingerprint density at radius 1 is 0.477 bits per heavy atom. The van der Waals surface area contributed by atoms with Crippen molar-refractivity contribution in [2.45, 2.75) is 218 Å². The van der Waals surface area contributed by atoms with Gasteiger partial charge >= 0.3 is 0 Å². The van der Waals surface area contributed by atoms with Crippen LogP contribution < -0.4 is 0 Å². The van der Waals surface area contributed by atoms with Gasteiger partial charge in [0.1, 0.15) is 5.78 Å². The summed E-state index contributed by atoms with van der Waals surface area (Å²) in [7, 11) is 6.00.